The van der Waals surface area contributed by atoms with E-state index in [0.29, 0.717) is 43.6 Å². The molecule has 8 heteroatoms. The van der Waals surface area contributed by atoms with Crippen LogP contribution in [0.15, 0.2) is 48.5 Å². The molecule has 1 aromatic heterocycles. The summed E-state index contributed by atoms with van der Waals surface area (Å²) in [5.41, 5.74) is 2.18. The van der Waals surface area contributed by atoms with E-state index in [1.807, 2.05) is 20.8 Å². The first-order valence-electron chi connectivity index (χ1n) is 11.0. The molecule has 1 N–H and O–H groups in total. The fourth-order valence-electron chi connectivity index (χ4n) is 3.35. The van der Waals surface area contributed by atoms with Gasteiger partial charge in [0, 0.05) is 26.7 Å². The van der Waals surface area contributed by atoms with Gasteiger partial charge in [0.15, 0.2) is 0 Å². The van der Waals surface area contributed by atoms with Gasteiger partial charge in [-0.25, -0.2) is 13.5 Å². The van der Waals surface area contributed by atoms with E-state index in [4.69, 9.17) is 9.47 Å². The van der Waals surface area contributed by atoms with Crippen LogP contribution >= 0.6 is 0 Å². The number of methoxy groups -OCH3 is 1. The number of halogens is 2. The molecule has 0 amide bonds. The zero-order valence-corrected chi connectivity index (χ0v) is 19.5. The first-order valence-corrected chi connectivity index (χ1v) is 11.0. The monoisotopic (exact) mass is 459 g/mol. The van der Waals surface area contributed by atoms with E-state index in [1.165, 1.54) is 24.3 Å². The fraction of sp³-hybridized carbons (Fsp3) is 0.400. The van der Waals surface area contributed by atoms with Crippen LogP contribution in [0.25, 0.3) is 5.69 Å². The Morgan fingerprint density at radius 1 is 1.03 bits per heavy atom. The number of benzene rings is 2. The molecule has 3 aromatic rings. The molecule has 6 nitrogen and oxygen atoms in total. The van der Waals surface area contributed by atoms with Crippen molar-refractivity contribution >= 4 is 0 Å². The number of hydrogen-bond donors (Lipinski definition) is 1. The third-order valence-electron chi connectivity index (χ3n) is 5.44. The topological polar surface area (TPSA) is 59.8 Å². The van der Waals surface area contributed by atoms with Crippen LogP contribution in [0, 0.1) is 24.5 Å². The molecule has 0 spiro atoms. The zero-order valence-electron chi connectivity index (χ0n) is 19.5. The van der Waals surface area contributed by atoms with Gasteiger partial charge >= 0.3 is 0 Å². The Morgan fingerprint density at radius 3 is 2.21 bits per heavy atom. The molecule has 3 rings (SSSR count). The molecule has 0 unspecified atom stereocenters. The lowest BCUT2D eigenvalue weighted by atomic mass is 10.1. The summed E-state index contributed by atoms with van der Waals surface area (Å²) < 4.78 is 40.0. The summed E-state index contributed by atoms with van der Waals surface area (Å²) in [6.07, 6.45) is -0.504. The van der Waals surface area contributed by atoms with Gasteiger partial charge in [-0.2, -0.15) is 5.10 Å². The highest BCUT2D eigenvalue weighted by Crippen LogP contribution is 2.32. The van der Waals surface area contributed by atoms with Crippen LogP contribution < -0.4 is 4.74 Å². The van der Waals surface area contributed by atoms with Crippen LogP contribution in [-0.4, -0.2) is 52.7 Å². The first-order chi connectivity index (χ1) is 15.8. The highest BCUT2D eigenvalue weighted by Gasteiger charge is 2.23. The van der Waals surface area contributed by atoms with E-state index in [2.05, 4.69) is 10.00 Å². The van der Waals surface area contributed by atoms with Crippen LogP contribution in [0.1, 0.15) is 25.1 Å². The van der Waals surface area contributed by atoms with Gasteiger partial charge in [0.25, 0.3) is 0 Å². The van der Waals surface area contributed by atoms with E-state index < -0.39 is 6.10 Å². The maximum Gasteiger partial charge on any atom is 0.227 e. The van der Waals surface area contributed by atoms with Gasteiger partial charge in [-0.15, -0.1) is 0 Å². The Morgan fingerprint density at radius 2 is 1.64 bits per heavy atom. The Labute approximate surface area is 193 Å². The van der Waals surface area contributed by atoms with Crippen molar-refractivity contribution in [1.82, 2.24) is 14.7 Å². The number of aliphatic hydroxyl groups excluding tert-OH is 1. The van der Waals surface area contributed by atoms with E-state index in [0.717, 1.165) is 11.3 Å². The van der Waals surface area contributed by atoms with Gasteiger partial charge in [-0.3, -0.25) is 4.90 Å². The van der Waals surface area contributed by atoms with Crippen molar-refractivity contribution in [2.45, 2.75) is 33.4 Å². The van der Waals surface area contributed by atoms with Crippen molar-refractivity contribution in [3.63, 3.8) is 0 Å². The van der Waals surface area contributed by atoms with Gasteiger partial charge in [0.1, 0.15) is 17.4 Å². The predicted octanol–water partition coefficient (Wildman–Crippen LogP) is 4.72. The number of aryl methyl sites for hydroxylation is 1. The number of aliphatic hydroxyl groups is 1. The molecule has 0 bridgehead atoms. The second-order valence-corrected chi connectivity index (χ2v) is 8.35. The third kappa shape index (κ3) is 6.60. The Kier molecular flexibility index (Phi) is 8.55. The molecular weight excluding hydrogens is 428 g/mol. The largest absolute Gasteiger partial charge is 0.439 e. The lowest BCUT2D eigenvalue weighted by molar-refractivity contribution is 0.0588. The summed E-state index contributed by atoms with van der Waals surface area (Å²) in [6.45, 7) is 7.84. The Bertz CT molecular complexity index is 1020. The Balaban J connectivity index is 2.00. The van der Waals surface area contributed by atoms with Crippen molar-refractivity contribution in [2.75, 3.05) is 26.8 Å². The van der Waals surface area contributed by atoms with Crippen LogP contribution in [0.3, 0.4) is 0 Å². The number of rotatable bonds is 11. The molecule has 0 radical (unpaired) electrons. The second-order valence-electron chi connectivity index (χ2n) is 8.35. The zero-order chi connectivity index (χ0) is 24.0. The SMILES string of the molecule is COCCN(Cc1c(C)nn(-c2ccc(F)cc2)c1Oc1ccc(F)cc1)C[C@H](O)C(C)C. The van der Waals surface area contributed by atoms with Gasteiger partial charge in [-0.1, -0.05) is 13.8 Å². The molecule has 178 valence electrons. The van der Waals surface area contributed by atoms with Crippen LogP contribution in [-0.2, 0) is 11.3 Å². The molecule has 0 aliphatic rings. The molecule has 0 saturated carbocycles. The molecule has 33 heavy (non-hydrogen) atoms. The van der Waals surface area contributed by atoms with E-state index >= 15 is 0 Å². The van der Waals surface area contributed by atoms with Crippen molar-refractivity contribution in [2.24, 2.45) is 5.92 Å². The minimum absolute atomic E-state index is 0.105. The lowest BCUT2D eigenvalue weighted by Gasteiger charge is -2.26. The molecule has 0 aliphatic carbocycles. The number of ether oxygens (including phenoxy) is 2. The van der Waals surface area contributed by atoms with Crippen molar-refractivity contribution in [1.29, 1.82) is 0 Å². The standard InChI is InChI=1S/C25H31F2N3O3/c1-17(2)24(31)16-29(13-14-32-4)15-23-18(3)28-30(21-9-5-19(26)6-10-21)25(23)33-22-11-7-20(27)8-12-22/h5-12,17,24,31H,13-16H2,1-4H3/t24-/m0/s1. The minimum Gasteiger partial charge on any atom is -0.439 e. The highest BCUT2D eigenvalue weighted by atomic mass is 19.1. The summed E-state index contributed by atoms with van der Waals surface area (Å²) in [7, 11) is 1.64. The first kappa shape index (κ1) is 24.8. The molecule has 2 aromatic carbocycles. The van der Waals surface area contributed by atoms with E-state index in [9.17, 15) is 13.9 Å². The van der Waals surface area contributed by atoms with Crippen LogP contribution in [0.4, 0.5) is 8.78 Å². The molecule has 1 heterocycles. The van der Waals surface area contributed by atoms with E-state index in [1.54, 1.807) is 36.1 Å². The third-order valence-corrected chi connectivity index (χ3v) is 5.44. The van der Waals surface area contributed by atoms with Gasteiger partial charge < -0.3 is 14.6 Å². The van der Waals surface area contributed by atoms with Gasteiger partial charge in [-0.05, 0) is 61.4 Å². The second kappa shape index (κ2) is 11.4. The molecule has 0 saturated heterocycles. The normalized spacial score (nSPS) is 12.5. The molecular formula is C25H31F2N3O3. The van der Waals surface area contributed by atoms with Crippen molar-refractivity contribution < 1.29 is 23.4 Å². The summed E-state index contributed by atoms with van der Waals surface area (Å²) in [4.78, 5) is 2.09. The smallest absolute Gasteiger partial charge is 0.227 e. The van der Waals surface area contributed by atoms with E-state index in [-0.39, 0.29) is 17.6 Å². The summed E-state index contributed by atoms with van der Waals surface area (Å²) in [5.74, 6) is 0.295. The lowest BCUT2D eigenvalue weighted by Crippen LogP contribution is -2.36. The molecule has 1 atom stereocenters. The minimum atomic E-state index is -0.504. The average Bonchev–Trinajstić information content (AvgIpc) is 3.09. The number of aromatic nitrogens is 2. The molecule has 0 fully saturated rings. The maximum absolute atomic E-state index is 13.5. The van der Waals surface area contributed by atoms with Crippen molar-refractivity contribution in [3.8, 4) is 17.3 Å². The predicted molar refractivity (Wildman–Crippen MR) is 123 cm³/mol. The summed E-state index contributed by atoms with van der Waals surface area (Å²) in [5, 5.41) is 15.1. The Hall–Kier alpha value is -2.81. The van der Waals surface area contributed by atoms with Crippen LogP contribution in [0.2, 0.25) is 0 Å². The van der Waals surface area contributed by atoms with Gasteiger partial charge in [0.05, 0.1) is 29.7 Å². The quantitative estimate of drug-likeness (QED) is 0.450. The average molecular weight is 460 g/mol. The van der Waals surface area contributed by atoms with Crippen molar-refractivity contribution in [3.05, 3.63) is 71.4 Å². The summed E-state index contributed by atoms with van der Waals surface area (Å²) in [6, 6.07) is 11.7. The highest BCUT2D eigenvalue weighted by molar-refractivity contribution is 5.43. The molecule has 0 aliphatic heterocycles. The number of hydrogen-bond acceptors (Lipinski definition) is 5. The summed E-state index contributed by atoms with van der Waals surface area (Å²) >= 11 is 0. The van der Waals surface area contributed by atoms with Gasteiger partial charge in [0.2, 0.25) is 5.88 Å². The number of nitrogens with zero attached hydrogens (tertiary/aromatic N) is 3. The van der Waals surface area contributed by atoms with Crippen LogP contribution in [0.5, 0.6) is 11.6 Å². The maximum atomic E-state index is 13.5. The fourth-order valence-corrected chi connectivity index (χ4v) is 3.35.